The number of rotatable bonds is 7. The molecular formula is C19H22N2O5S. The molecule has 3 N–H and O–H groups in total. The molecular weight excluding hydrogens is 368 g/mol. The first-order valence-electron chi connectivity index (χ1n) is 8.46. The maximum atomic E-state index is 12.7. The molecule has 144 valence electrons. The lowest BCUT2D eigenvalue weighted by atomic mass is 10.0. The number of aliphatic hydroxyl groups is 2. The molecule has 0 saturated carbocycles. The van der Waals surface area contributed by atoms with Crippen molar-refractivity contribution in [1.82, 2.24) is 10.3 Å². The van der Waals surface area contributed by atoms with Crippen molar-refractivity contribution in [2.24, 2.45) is 0 Å². The Hall–Kier alpha value is -2.42. The van der Waals surface area contributed by atoms with E-state index in [2.05, 4.69) is 10.3 Å². The Morgan fingerprint density at radius 2 is 2.07 bits per heavy atom. The summed E-state index contributed by atoms with van der Waals surface area (Å²) in [7, 11) is 0. The van der Waals surface area contributed by atoms with E-state index >= 15 is 0 Å². The smallest absolute Gasteiger partial charge is 0.256 e. The Balaban J connectivity index is 1.88. The minimum Gasteiger partial charge on any atom is -0.488 e. The SMILES string of the molecule is Cc1ncsc1COc1ccc2oc(C)c(C(=O)NC(C)(CO)CO)c2c1. The summed E-state index contributed by atoms with van der Waals surface area (Å²) >= 11 is 1.53. The predicted octanol–water partition coefficient (Wildman–Crippen LogP) is 2.56. The van der Waals surface area contributed by atoms with Gasteiger partial charge in [0.25, 0.3) is 5.91 Å². The van der Waals surface area contributed by atoms with Crippen LogP contribution in [0.25, 0.3) is 11.0 Å². The molecule has 2 heterocycles. The van der Waals surface area contributed by atoms with E-state index in [1.807, 2.05) is 6.92 Å². The molecule has 0 radical (unpaired) electrons. The van der Waals surface area contributed by atoms with Gasteiger partial charge in [-0.3, -0.25) is 4.79 Å². The van der Waals surface area contributed by atoms with E-state index in [9.17, 15) is 15.0 Å². The third kappa shape index (κ3) is 3.97. The first kappa shape index (κ1) is 19.3. The van der Waals surface area contributed by atoms with Gasteiger partial charge in [0.15, 0.2) is 0 Å². The van der Waals surface area contributed by atoms with Crippen LogP contribution in [-0.4, -0.2) is 39.9 Å². The number of hydrogen-bond donors (Lipinski definition) is 3. The number of fused-ring (bicyclic) bond motifs is 1. The molecule has 3 rings (SSSR count). The van der Waals surface area contributed by atoms with Gasteiger partial charge in [0, 0.05) is 5.39 Å². The molecule has 0 aliphatic rings. The van der Waals surface area contributed by atoms with Gasteiger partial charge in [-0.15, -0.1) is 11.3 Å². The van der Waals surface area contributed by atoms with Crippen molar-refractivity contribution in [3.63, 3.8) is 0 Å². The number of ether oxygens (including phenoxy) is 1. The fourth-order valence-electron chi connectivity index (χ4n) is 2.65. The van der Waals surface area contributed by atoms with Gasteiger partial charge in [0.1, 0.15) is 23.7 Å². The molecule has 0 unspecified atom stereocenters. The molecule has 0 aliphatic carbocycles. The van der Waals surface area contributed by atoms with Crippen molar-refractivity contribution >= 4 is 28.2 Å². The number of aliphatic hydroxyl groups excluding tert-OH is 2. The monoisotopic (exact) mass is 390 g/mol. The largest absolute Gasteiger partial charge is 0.488 e. The van der Waals surface area contributed by atoms with Crippen molar-refractivity contribution < 1.29 is 24.2 Å². The molecule has 0 fully saturated rings. The minimum absolute atomic E-state index is 0.359. The first-order chi connectivity index (χ1) is 12.9. The van der Waals surface area contributed by atoms with Gasteiger partial charge < -0.3 is 24.7 Å². The number of aryl methyl sites for hydroxylation is 2. The second-order valence-corrected chi connectivity index (χ2v) is 7.61. The average molecular weight is 390 g/mol. The molecule has 7 nitrogen and oxygen atoms in total. The number of aromatic nitrogens is 1. The van der Waals surface area contributed by atoms with E-state index in [-0.39, 0.29) is 13.2 Å². The van der Waals surface area contributed by atoms with E-state index in [1.54, 1.807) is 37.6 Å². The maximum Gasteiger partial charge on any atom is 0.256 e. The standard InChI is InChI=1S/C19H22N2O5S/c1-11-16(27-10-20-11)7-25-13-4-5-15-14(6-13)17(12(2)26-15)18(24)21-19(3,8-22)9-23/h4-6,10,22-23H,7-9H2,1-3H3,(H,21,24). The van der Waals surface area contributed by atoms with Crippen LogP contribution in [-0.2, 0) is 6.61 Å². The van der Waals surface area contributed by atoms with Gasteiger partial charge in [0.05, 0.1) is 40.4 Å². The van der Waals surface area contributed by atoms with Crippen molar-refractivity contribution in [2.45, 2.75) is 32.9 Å². The normalized spacial score (nSPS) is 11.7. The second kappa shape index (κ2) is 7.67. The summed E-state index contributed by atoms with van der Waals surface area (Å²) < 4.78 is 11.5. The van der Waals surface area contributed by atoms with Gasteiger partial charge in [-0.25, -0.2) is 4.98 Å². The minimum atomic E-state index is -1.12. The van der Waals surface area contributed by atoms with Gasteiger partial charge >= 0.3 is 0 Å². The number of nitrogens with one attached hydrogen (secondary N) is 1. The summed E-state index contributed by atoms with van der Waals surface area (Å²) in [5.74, 6) is 0.640. The van der Waals surface area contributed by atoms with E-state index in [0.717, 1.165) is 10.6 Å². The van der Waals surface area contributed by atoms with Crippen LogP contribution in [0.4, 0.5) is 0 Å². The zero-order chi connectivity index (χ0) is 19.6. The van der Waals surface area contributed by atoms with Crippen LogP contribution in [0.3, 0.4) is 0 Å². The Kier molecular flexibility index (Phi) is 5.50. The van der Waals surface area contributed by atoms with Gasteiger partial charge in [-0.2, -0.15) is 0 Å². The third-order valence-electron chi connectivity index (χ3n) is 4.39. The number of nitrogens with zero attached hydrogens (tertiary/aromatic N) is 1. The van der Waals surface area contributed by atoms with Crippen LogP contribution in [0, 0.1) is 13.8 Å². The molecule has 0 atom stereocenters. The molecule has 0 bridgehead atoms. The van der Waals surface area contributed by atoms with Crippen molar-refractivity contribution in [3.8, 4) is 5.75 Å². The van der Waals surface area contributed by atoms with E-state index in [4.69, 9.17) is 9.15 Å². The third-order valence-corrected chi connectivity index (χ3v) is 5.30. The summed E-state index contributed by atoms with van der Waals surface area (Å²) in [6.45, 7) is 4.83. The first-order valence-corrected chi connectivity index (χ1v) is 9.34. The van der Waals surface area contributed by atoms with Gasteiger partial charge in [-0.05, 0) is 39.0 Å². The number of thiazole rings is 1. The maximum absolute atomic E-state index is 12.7. The lowest BCUT2D eigenvalue weighted by Gasteiger charge is -2.26. The van der Waals surface area contributed by atoms with Crippen molar-refractivity contribution in [2.75, 3.05) is 13.2 Å². The highest BCUT2D eigenvalue weighted by Gasteiger charge is 2.28. The van der Waals surface area contributed by atoms with Crippen molar-refractivity contribution in [1.29, 1.82) is 0 Å². The topological polar surface area (TPSA) is 105 Å². The Morgan fingerprint density at radius 3 is 2.70 bits per heavy atom. The molecule has 0 saturated heterocycles. The molecule has 2 aromatic heterocycles. The van der Waals surface area contributed by atoms with Crippen LogP contribution < -0.4 is 10.1 Å². The number of amides is 1. The molecule has 0 aliphatic heterocycles. The molecule has 8 heteroatoms. The molecule has 3 aromatic rings. The fraction of sp³-hybridized carbons (Fsp3) is 0.368. The number of carbonyl (C=O) groups excluding carboxylic acids is 1. The average Bonchev–Trinajstić information content (AvgIpc) is 3.21. The summed E-state index contributed by atoms with van der Waals surface area (Å²) in [4.78, 5) is 18.0. The molecule has 1 aromatic carbocycles. The summed E-state index contributed by atoms with van der Waals surface area (Å²) in [5, 5.41) is 22.1. The van der Waals surface area contributed by atoms with E-state index < -0.39 is 11.4 Å². The van der Waals surface area contributed by atoms with Crippen LogP contribution in [0.1, 0.15) is 33.6 Å². The van der Waals surface area contributed by atoms with Crippen LogP contribution in [0.5, 0.6) is 5.75 Å². The Bertz CT molecular complexity index is 958. The fourth-order valence-corrected chi connectivity index (χ4v) is 3.34. The van der Waals surface area contributed by atoms with Gasteiger partial charge in [0.2, 0.25) is 0 Å². The van der Waals surface area contributed by atoms with Crippen LogP contribution in [0.15, 0.2) is 28.1 Å². The predicted molar refractivity (Wildman–Crippen MR) is 102 cm³/mol. The number of carbonyl (C=O) groups is 1. The quantitative estimate of drug-likeness (QED) is 0.573. The van der Waals surface area contributed by atoms with Gasteiger partial charge in [-0.1, -0.05) is 0 Å². The summed E-state index contributed by atoms with van der Waals surface area (Å²) in [6, 6.07) is 5.30. The number of furan rings is 1. The summed E-state index contributed by atoms with van der Waals surface area (Å²) in [5.41, 5.74) is 2.52. The molecule has 1 amide bonds. The lowest BCUT2D eigenvalue weighted by molar-refractivity contribution is 0.0723. The zero-order valence-corrected chi connectivity index (χ0v) is 16.2. The highest BCUT2D eigenvalue weighted by atomic mass is 32.1. The zero-order valence-electron chi connectivity index (χ0n) is 15.4. The Labute approximate surface area is 160 Å². The summed E-state index contributed by atoms with van der Waals surface area (Å²) in [6.07, 6.45) is 0. The van der Waals surface area contributed by atoms with E-state index in [1.165, 1.54) is 11.3 Å². The van der Waals surface area contributed by atoms with Crippen LogP contribution in [0.2, 0.25) is 0 Å². The van der Waals surface area contributed by atoms with E-state index in [0.29, 0.717) is 34.6 Å². The number of benzene rings is 1. The molecule has 27 heavy (non-hydrogen) atoms. The lowest BCUT2D eigenvalue weighted by Crippen LogP contribution is -2.51. The number of hydrogen-bond acceptors (Lipinski definition) is 7. The Morgan fingerprint density at radius 1 is 1.33 bits per heavy atom. The van der Waals surface area contributed by atoms with Crippen LogP contribution >= 0.6 is 11.3 Å². The second-order valence-electron chi connectivity index (χ2n) is 6.67. The van der Waals surface area contributed by atoms with Crippen molar-refractivity contribution in [3.05, 3.63) is 45.6 Å². The highest BCUT2D eigenvalue weighted by Crippen LogP contribution is 2.30. The molecule has 0 spiro atoms. The highest BCUT2D eigenvalue weighted by molar-refractivity contribution is 7.09.